The van der Waals surface area contributed by atoms with Crippen LogP contribution in [-0.2, 0) is 25.5 Å². The topological polar surface area (TPSA) is 111 Å². The molecule has 4 amide bonds. The molecule has 1 aliphatic carbocycles. The highest BCUT2D eigenvalue weighted by Crippen LogP contribution is 2.46. The summed E-state index contributed by atoms with van der Waals surface area (Å²) in [6.45, 7) is 17.1. The van der Waals surface area contributed by atoms with Gasteiger partial charge in [-0.1, -0.05) is 45.2 Å². The molecule has 11 heteroatoms. The number of benzene rings is 1. The van der Waals surface area contributed by atoms with Crippen LogP contribution in [0.2, 0.25) is 0 Å². The molecular weight excluding hydrogens is 637 g/mol. The van der Waals surface area contributed by atoms with E-state index in [1.54, 1.807) is 42.7 Å². The van der Waals surface area contributed by atoms with Crippen LogP contribution in [-0.4, -0.2) is 101 Å². The van der Waals surface area contributed by atoms with Crippen molar-refractivity contribution < 1.29 is 28.3 Å². The van der Waals surface area contributed by atoms with Gasteiger partial charge in [0.15, 0.2) is 0 Å². The number of halogens is 1. The SMILES string of the molecule is CC(C)C1CN(C)C[C@H](C(=O)N[C@H](Cc2ccc(F)cc2)C(=O)N2CCC(C(=O)NC(C)(C)C)(C3CCCCC3)CC2)N1C(=O)OC(C)(C)C. The van der Waals surface area contributed by atoms with E-state index in [4.69, 9.17) is 4.74 Å². The molecule has 2 aliphatic heterocycles. The van der Waals surface area contributed by atoms with Gasteiger partial charge in [-0.2, -0.15) is 0 Å². The summed E-state index contributed by atoms with van der Waals surface area (Å²) in [7, 11) is 1.92. The summed E-state index contributed by atoms with van der Waals surface area (Å²) in [6.07, 6.45) is 6.12. The first-order valence-corrected chi connectivity index (χ1v) is 18.7. The van der Waals surface area contributed by atoms with Gasteiger partial charge in [0, 0.05) is 38.1 Å². The predicted octanol–water partition coefficient (Wildman–Crippen LogP) is 5.53. The Hall–Kier alpha value is -3.21. The molecule has 10 nitrogen and oxygen atoms in total. The van der Waals surface area contributed by atoms with Crippen LogP contribution in [0.4, 0.5) is 9.18 Å². The number of piperidine rings is 1. The molecule has 1 aromatic rings. The van der Waals surface area contributed by atoms with Crippen LogP contribution in [0.1, 0.15) is 106 Å². The molecule has 1 aromatic carbocycles. The lowest BCUT2D eigenvalue weighted by molar-refractivity contribution is -0.148. The van der Waals surface area contributed by atoms with Gasteiger partial charge in [-0.15, -0.1) is 0 Å². The molecule has 2 heterocycles. The maximum absolute atomic E-state index is 14.4. The number of ether oxygens (including phenoxy) is 1. The number of amides is 4. The van der Waals surface area contributed by atoms with E-state index in [0.717, 1.165) is 25.7 Å². The summed E-state index contributed by atoms with van der Waals surface area (Å²) in [6, 6.07) is 3.82. The Balaban J connectivity index is 1.60. The van der Waals surface area contributed by atoms with Crippen LogP contribution in [0.25, 0.3) is 0 Å². The Morgan fingerprint density at radius 1 is 0.940 bits per heavy atom. The van der Waals surface area contributed by atoms with Crippen molar-refractivity contribution in [3.8, 4) is 0 Å². The lowest BCUT2D eigenvalue weighted by atomic mass is 9.63. The van der Waals surface area contributed by atoms with Crippen molar-refractivity contribution in [2.45, 2.75) is 136 Å². The second-order valence-electron chi connectivity index (χ2n) is 17.3. The molecular formula is C39H62FN5O5. The van der Waals surface area contributed by atoms with Crippen LogP contribution >= 0.6 is 0 Å². The number of likely N-dealkylation sites (N-methyl/N-ethyl adjacent to an activating group) is 1. The van der Waals surface area contributed by atoms with E-state index in [-0.39, 0.29) is 54.0 Å². The number of carbonyl (C=O) groups is 4. The molecule has 3 fully saturated rings. The highest BCUT2D eigenvalue weighted by atomic mass is 19.1. The zero-order valence-corrected chi connectivity index (χ0v) is 31.9. The van der Waals surface area contributed by atoms with E-state index in [1.165, 1.54) is 18.6 Å². The summed E-state index contributed by atoms with van der Waals surface area (Å²) in [5.41, 5.74) is -0.972. The minimum atomic E-state index is -0.955. The molecule has 1 saturated carbocycles. The van der Waals surface area contributed by atoms with Gasteiger partial charge < -0.3 is 25.2 Å². The maximum atomic E-state index is 14.4. The van der Waals surface area contributed by atoms with Gasteiger partial charge in [-0.25, -0.2) is 9.18 Å². The first kappa shape index (κ1) is 39.6. The predicted molar refractivity (Wildman–Crippen MR) is 193 cm³/mol. The molecule has 3 atom stereocenters. The van der Waals surface area contributed by atoms with Crippen molar-refractivity contribution in [3.05, 3.63) is 35.6 Å². The Bertz CT molecular complexity index is 1340. The molecule has 0 radical (unpaired) electrons. The fourth-order valence-corrected chi connectivity index (χ4v) is 8.03. The van der Waals surface area contributed by atoms with Crippen LogP contribution < -0.4 is 10.6 Å². The van der Waals surface area contributed by atoms with Crippen LogP contribution in [0.5, 0.6) is 0 Å². The van der Waals surface area contributed by atoms with E-state index in [2.05, 4.69) is 10.6 Å². The minimum absolute atomic E-state index is 0.0467. The molecule has 1 unspecified atom stereocenters. The average molecular weight is 700 g/mol. The smallest absolute Gasteiger partial charge is 0.411 e. The van der Waals surface area contributed by atoms with Crippen molar-refractivity contribution in [2.75, 3.05) is 33.2 Å². The van der Waals surface area contributed by atoms with Gasteiger partial charge in [-0.3, -0.25) is 19.3 Å². The largest absolute Gasteiger partial charge is 0.444 e. The highest BCUT2D eigenvalue weighted by Gasteiger charge is 2.50. The van der Waals surface area contributed by atoms with Crippen molar-refractivity contribution in [1.82, 2.24) is 25.3 Å². The Morgan fingerprint density at radius 3 is 2.08 bits per heavy atom. The molecule has 4 rings (SSSR count). The maximum Gasteiger partial charge on any atom is 0.411 e. The van der Waals surface area contributed by atoms with Crippen molar-refractivity contribution >= 4 is 23.8 Å². The zero-order chi connectivity index (χ0) is 37.0. The summed E-state index contributed by atoms with van der Waals surface area (Å²) in [5.74, 6) is -0.686. The lowest BCUT2D eigenvalue weighted by Gasteiger charge is -2.48. The van der Waals surface area contributed by atoms with E-state index < -0.39 is 35.1 Å². The highest BCUT2D eigenvalue weighted by molar-refractivity contribution is 5.92. The van der Waals surface area contributed by atoms with E-state index in [9.17, 15) is 23.6 Å². The summed E-state index contributed by atoms with van der Waals surface area (Å²) >= 11 is 0. The first-order valence-electron chi connectivity index (χ1n) is 18.7. The van der Waals surface area contributed by atoms with E-state index in [1.807, 2.05) is 46.6 Å². The fourth-order valence-electron chi connectivity index (χ4n) is 8.03. The zero-order valence-electron chi connectivity index (χ0n) is 31.9. The Morgan fingerprint density at radius 2 is 1.54 bits per heavy atom. The van der Waals surface area contributed by atoms with Gasteiger partial charge in [0.2, 0.25) is 17.7 Å². The minimum Gasteiger partial charge on any atom is -0.444 e. The average Bonchev–Trinajstić information content (AvgIpc) is 3.03. The third-order valence-corrected chi connectivity index (χ3v) is 10.6. The van der Waals surface area contributed by atoms with Crippen molar-refractivity contribution in [3.63, 3.8) is 0 Å². The van der Waals surface area contributed by atoms with Crippen LogP contribution in [0.3, 0.4) is 0 Å². The number of carbonyl (C=O) groups excluding carboxylic acids is 4. The van der Waals surface area contributed by atoms with E-state index >= 15 is 0 Å². The fraction of sp³-hybridized carbons (Fsp3) is 0.744. The van der Waals surface area contributed by atoms with Gasteiger partial charge in [0.25, 0.3) is 0 Å². The number of rotatable bonds is 8. The lowest BCUT2D eigenvalue weighted by Crippen LogP contribution is -2.67. The molecule has 280 valence electrons. The quantitative estimate of drug-likeness (QED) is 0.369. The summed E-state index contributed by atoms with van der Waals surface area (Å²) < 4.78 is 19.7. The Kier molecular flexibility index (Phi) is 12.7. The number of nitrogens with one attached hydrogen (secondary N) is 2. The number of likely N-dealkylation sites (tertiary alicyclic amines) is 1. The molecule has 50 heavy (non-hydrogen) atoms. The van der Waals surface area contributed by atoms with E-state index in [0.29, 0.717) is 38.0 Å². The Labute approximate surface area is 299 Å². The summed E-state index contributed by atoms with van der Waals surface area (Å²) in [5, 5.41) is 6.29. The monoisotopic (exact) mass is 699 g/mol. The van der Waals surface area contributed by atoms with Gasteiger partial charge in [0.1, 0.15) is 23.5 Å². The second kappa shape index (κ2) is 16.0. The molecule has 2 saturated heterocycles. The third kappa shape index (κ3) is 9.98. The number of piperazine rings is 1. The molecule has 0 aromatic heterocycles. The second-order valence-corrected chi connectivity index (χ2v) is 17.3. The molecule has 0 spiro atoms. The standard InChI is InChI=1S/C39H62FN5O5/c1-26(2)31-24-43(9)25-32(45(31)36(49)50-38(6,7)8)33(46)41-30(23-27-15-17-29(40)18-16-27)34(47)44-21-19-39(20-22-44,28-13-11-10-12-14-28)35(48)42-37(3,4)5/h15-18,26,28,30-32H,10-14,19-25H2,1-9H3,(H,41,46)(H,42,48)/t30-,31?,32-/m1/s1. The third-order valence-electron chi connectivity index (χ3n) is 10.6. The molecule has 3 aliphatic rings. The van der Waals surface area contributed by atoms with Gasteiger partial charge >= 0.3 is 6.09 Å². The number of nitrogens with zero attached hydrogens (tertiary/aromatic N) is 3. The molecule has 2 N–H and O–H groups in total. The first-order chi connectivity index (χ1) is 23.3. The normalized spacial score (nSPS) is 22.9. The van der Waals surface area contributed by atoms with Crippen molar-refractivity contribution in [1.29, 1.82) is 0 Å². The molecule has 0 bridgehead atoms. The number of hydrogen-bond acceptors (Lipinski definition) is 6. The van der Waals surface area contributed by atoms with Gasteiger partial charge in [0.05, 0.1) is 11.5 Å². The van der Waals surface area contributed by atoms with Crippen LogP contribution in [0.15, 0.2) is 24.3 Å². The van der Waals surface area contributed by atoms with Crippen LogP contribution in [0, 0.1) is 23.1 Å². The van der Waals surface area contributed by atoms with Crippen molar-refractivity contribution in [2.24, 2.45) is 17.3 Å². The summed E-state index contributed by atoms with van der Waals surface area (Å²) in [4.78, 5) is 61.7. The van der Waals surface area contributed by atoms with Gasteiger partial charge in [-0.05, 0) is 104 Å². The number of hydrogen-bond donors (Lipinski definition) is 2.